The van der Waals surface area contributed by atoms with E-state index in [4.69, 9.17) is 23.7 Å². The van der Waals surface area contributed by atoms with Crippen molar-refractivity contribution in [1.29, 1.82) is 0 Å². The number of cyclic esters (lactones) is 1. The van der Waals surface area contributed by atoms with Gasteiger partial charge in [-0.15, -0.1) is 0 Å². The lowest BCUT2D eigenvalue weighted by atomic mass is 9.78. The topological polar surface area (TPSA) is 195 Å². The molecule has 14 heteroatoms. The number of Topliss-reactive ketones (excluding diaryl/α,β-unsaturated/α-hetero) is 3. The molecule has 4 aliphatic rings. The van der Waals surface area contributed by atoms with Crippen LogP contribution in [0.15, 0.2) is 47.6 Å². The summed E-state index contributed by atoms with van der Waals surface area (Å²) in [6.07, 6.45) is 11.2. The highest BCUT2D eigenvalue weighted by molar-refractivity contribution is 6.39. The zero-order chi connectivity index (χ0) is 48.2. The van der Waals surface area contributed by atoms with Crippen LogP contribution in [0.4, 0.5) is 0 Å². The van der Waals surface area contributed by atoms with Gasteiger partial charge in [-0.3, -0.25) is 19.2 Å². The molecule has 0 radical (unpaired) electrons. The summed E-state index contributed by atoms with van der Waals surface area (Å²) in [4.78, 5) is 71.8. The normalized spacial score (nSPS) is 40.4. The van der Waals surface area contributed by atoms with Crippen LogP contribution in [0.5, 0.6) is 0 Å². The van der Waals surface area contributed by atoms with E-state index in [1.54, 1.807) is 41.1 Å². The fraction of sp³-hybridized carbons (Fsp3) is 0.745. The number of allylic oxidation sites excluding steroid dienone is 6. The molecule has 4 rings (SSSR count). The molecule has 366 valence electrons. The van der Waals surface area contributed by atoms with Gasteiger partial charge in [-0.05, 0) is 107 Å². The van der Waals surface area contributed by atoms with Gasteiger partial charge in [0, 0.05) is 58.5 Å². The van der Waals surface area contributed by atoms with Gasteiger partial charge >= 0.3 is 5.97 Å². The van der Waals surface area contributed by atoms with E-state index in [0.717, 1.165) is 12.0 Å². The summed E-state index contributed by atoms with van der Waals surface area (Å²) < 4.78 is 29.4. The van der Waals surface area contributed by atoms with Gasteiger partial charge in [0.05, 0.1) is 24.4 Å². The summed E-state index contributed by atoms with van der Waals surface area (Å²) in [6.45, 7) is 12.7. The lowest BCUT2D eigenvalue weighted by Crippen LogP contribution is -2.61. The number of hydrogen-bond donors (Lipinski definition) is 3. The fourth-order valence-corrected chi connectivity index (χ4v) is 10.1. The summed E-state index contributed by atoms with van der Waals surface area (Å²) in [5.41, 5.74) is 1.27. The molecule has 2 bridgehead atoms. The molecule has 15 atom stereocenters. The second kappa shape index (κ2) is 25.1. The number of ketones is 3. The standard InChI is InChI=1S/C51H79NO13/c1-30-16-12-11-13-17-31(2)42(61-8)28-38-21-19-36(7)51(60,65-38)48(57)49(58)52-23-15-14-18-39(52)50(59)64-43(33(4)26-37-20-22-40(53)44(27-37)62-9)29-41(54)32(3)25-35(6)46(56)47(63-10)45(55)34(5)24-30/h11-13,16-17,25,30,32-34,36-40,42-44,46-47,53,56,60H,14-15,18-24,26-29H2,1-10H3/b13-11+,16-12+,31-17+,35-25+/t30-,32?,33-,34-,36-,37+,38+,39?,40-,42+,43?,44-,46?,47+,51-/m1/s1. The van der Waals surface area contributed by atoms with Gasteiger partial charge in [-0.25, -0.2) is 4.79 Å². The van der Waals surface area contributed by atoms with Crippen LogP contribution in [-0.4, -0.2) is 132 Å². The van der Waals surface area contributed by atoms with Crippen molar-refractivity contribution in [3.05, 3.63) is 47.6 Å². The van der Waals surface area contributed by atoms with E-state index in [1.165, 1.54) is 12.0 Å². The van der Waals surface area contributed by atoms with Crippen LogP contribution in [0.2, 0.25) is 0 Å². The van der Waals surface area contributed by atoms with Crippen LogP contribution in [-0.2, 0) is 47.7 Å². The Morgan fingerprint density at radius 1 is 0.846 bits per heavy atom. The predicted molar refractivity (Wildman–Crippen MR) is 245 cm³/mol. The highest BCUT2D eigenvalue weighted by Crippen LogP contribution is 2.38. The van der Waals surface area contributed by atoms with Gasteiger partial charge < -0.3 is 43.9 Å². The molecule has 0 aromatic rings. The van der Waals surface area contributed by atoms with Crippen molar-refractivity contribution in [1.82, 2.24) is 4.90 Å². The minimum absolute atomic E-state index is 0.0193. The Bertz CT molecular complexity index is 1760. The molecule has 4 unspecified atom stereocenters. The van der Waals surface area contributed by atoms with E-state index in [-0.39, 0.29) is 54.8 Å². The molecule has 0 spiro atoms. The van der Waals surface area contributed by atoms with Crippen LogP contribution >= 0.6 is 0 Å². The molecule has 1 aliphatic carbocycles. The quantitative estimate of drug-likeness (QED) is 0.156. The number of carbonyl (C=O) groups excluding carboxylic acids is 5. The van der Waals surface area contributed by atoms with Crippen LogP contribution in [0, 0.1) is 35.5 Å². The molecule has 3 aliphatic heterocycles. The second-order valence-electron chi connectivity index (χ2n) is 19.6. The van der Waals surface area contributed by atoms with E-state index >= 15 is 0 Å². The molecular weight excluding hydrogens is 835 g/mol. The molecule has 3 heterocycles. The molecule has 0 aromatic heterocycles. The Hall–Kier alpha value is -3.37. The Labute approximate surface area is 387 Å². The average Bonchev–Trinajstić information content (AvgIpc) is 3.28. The maximum atomic E-state index is 14.4. The van der Waals surface area contributed by atoms with Gasteiger partial charge in [0.1, 0.15) is 30.1 Å². The van der Waals surface area contributed by atoms with Crippen LogP contribution < -0.4 is 0 Å². The Morgan fingerprint density at radius 2 is 1.57 bits per heavy atom. The van der Waals surface area contributed by atoms with Crippen molar-refractivity contribution in [2.75, 3.05) is 27.9 Å². The number of nitrogens with zero attached hydrogens (tertiary/aromatic N) is 1. The molecule has 2 saturated heterocycles. The summed E-state index contributed by atoms with van der Waals surface area (Å²) in [5.74, 6) is -7.96. The lowest BCUT2D eigenvalue weighted by molar-refractivity contribution is -0.265. The van der Waals surface area contributed by atoms with E-state index in [9.17, 15) is 39.3 Å². The summed E-state index contributed by atoms with van der Waals surface area (Å²) in [6, 6.07) is -1.14. The minimum Gasteiger partial charge on any atom is -0.460 e. The van der Waals surface area contributed by atoms with E-state index in [1.807, 2.05) is 58.1 Å². The second-order valence-corrected chi connectivity index (χ2v) is 19.6. The number of amides is 1. The van der Waals surface area contributed by atoms with Crippen molar-refractivity contribution in [2.45, 2.75) is 180 Å². The number of fused-ring (bicyclic) bond motifs is 3. The Kier molecular flexibility index (Phi) is 21.0. The first-order valence-corrected chi connectivity index (χ1v) is 23.9. The lowest BCUT2D eigenvalue weighted by Gasteiger charge is -2.42. The number of carbonyl (C=O) groups is 5. The first-order chi connectivity index (χ1) is 30.7. The third-order valence-corrected chi connectivity index (χ3v) is 14.5. The number of aliphatic hydroxyl groups excluding tert-OH is 2. The van der Waals surface area contributed by atoms with Crippen molar-refractivity contribution in [3.63, 3.8) is 0 Å². The number of rotatable bonds is 6. The summed E-state index contributed by atoms with van der Waals surface area (Å²) in [7, 11) is 4.52. The monoisotopic (exact) mass is 914 g/mol. The SMILES string of the molecule is CO[C@H]1C[C@@H]2CC[C@@H](C)[C@@](O)(O2)C(=O)C(=O)N2CCCCC2C(=O)OC([C@H](C)C[C@@H]2CC[C@@H](O)[C@H](OC)C2)CC(=O)C(C)/C=C(\C)C(O)[C@@H](OC)C(=O)[C@H](C)C[C@H](C)/C=C/C=C/C=C/1C. The van der Waals surface area contributed by atoms with Crippen molar-refractivity contribution in [2.24, 2.45) is 35.5 Å². The zero-order valence-corrected chi connectivity index (χ0v) is 40.6. The minimum atomic E-state index is -2.43. The molecule has 0 aromatic carbocycles. The molecule has 65 heavy (non-hydrogen) atoms. The van der Waals surface area contributed by atoms with Gasteiger partial charge in [0.15, 0.2) is 5.78 Å². The van der Waals surface area contributed by atoms with Crippen LogP contribution in [0.1, 0.15) is 126 Å². The number of piperidine rings is 1. The van der Waals surface area contributed by atoms with E-state index in [2.05, 4.69) is 0 Å². The third kappa shape index (κ3) is 14.3. The largest absolute Gasteiger partial charge is 0.460 e. The van der Waals surface area contributed by atoms with E-state index in [0.29, 0.717) is 63.4 Å². The first kappa shape index (κ1) is 54.2. The van der Waals surface area contributed by atoms with Crippen LogP contribution in [0.25, 0.3) is 0 Å². The van der Waals surface area contributed by atoms with Crippen molar-refractivity contribution in [3.8, 4) is 0 Å². The fourth-order valence-electron chi connectivity index (χ4n) is 10.1. The molecule has 3 N–H and O–H groups in total. The Morgan fingerprint density at radius 3 is 2.25 bits per heavy atom. The van der Waals surface area contributed by atoms with Crippen molar-refractivity contribution >= 4 is 29.2 Å². The van der Waals surface area contributed by atoms with Gasteiger partial charge in [-0.2, -0.15) is 0 Å². The van der Waals surface area contributed by atoms with Gasteiger partial charge in [-0.1, -0.05) is 71.1 Å². The number of esters is 1. The van der Waals surface area contributed by atoms with Crippen LogP contribution in [0.3, 0.4) is 0 Å². The number of ether oxygens (including phenoxy) is 5. The first-order valence-electron chi connectivity index (χ1n) is 23.9. The van der Waals surface area contributed by atoms with Crippen molar-refractivity contribution < 1.29 is 63.0 Å². The number of methoxy groups -OCH3 is 3. The van der Waals surface area contributed by atoms with E-state index < -0.39 is 83.9 Å². The summed E-state index contributed by atoms with van der Waals surface area (Å²) in [5, 5.41) is 33.8. The van der Waals surface area contributed by atoms with Gasteiger partial charge in [0.2, 0.25) is 5.79 Å². The molecular formula is C51H79NO13. The van der Waals surface area contributed by atoms with Gasteiger partial charge in [0.25, 0.3) is 11.7 Å². The predicted octanol–water partition coefficient (Wildman–Crippen LogP) is 6.18. The third-order valence-electron chi connectivity index (χ3n) is 14.5. The highest BCUT2D eigenvalue weighted by atomic mass is 16.6. The Balaban J connectivity index is 1.70. The zero-order valence-electron chi connectivity index (χ0n) is 40.6. The summed E-state index contributed by atoms with van der Waals surface area (Å²) >= 11 is 0. The molecule has 14 nitrogen and oxygen atoms in total. The average molecular weight is 914 g/mol. The molecule has 1 amide bonds. The molecule has 3 fully saturated rings. The number of aliphatic hydroxyl groups is 3. The number of hydrogen-bond acceptors (Lipinski definition) is 13. The molecule has 1 saturated carbocycles. The maximum absolute atomic E-state index is 14.4. The highest BCUT2D eigenvalue weighted by Gasteiger charge is 2.53. The maximum Gasteiger partial charge on any atom is 0.329 e. The smallest absolute Gasteiger partial charge is 0.329 e.